The first-order chi connectivity index (χ1) is 7.56. The zero-order valence-corrected chi connectivity index (χ0v) is 9.99. The van der Waals surface area contributed by atoms with Crippen molar-refractivity contribution in [1.29, 1.82) is 0 Å². The standard InChI is InChI=1S/C12H19NO3/c1-4-8(2)9(3)13-7-11-10(12(14)15)5-6-16-11/h5-6,8-9,13H,4,7H2,1-3H3,(H,14,15). The van der Waals surface area contributed by atoms with Crippen LogP contribution in [-0.4, -0.2) is 17.1 Å². The second-order valence-corrected chi connectivity index (χ2v) is 4.12. The molecule has 90 valence electrons. The molecule has 0 aliphatic carbocycles. The van der Waals surface area contributed by atoms with Crippen LogP contribution >= 0.6 is 0 Å². The molecule has 0 fully saturated rings. The van der Waals surface area contributed by atoms with Gasteiger partial charge < -0.3 is 14.8 Å². The number of furan rings is 1. The van der Waals surface area contributed by atoms with Crippen LogP contribution in [0, 0.1) is 5.92 Å². The molecule has 16 heavy (non-hydrogen) atoms. The van der Waals surface area contributed by atoms with E-state index in [0.29, 0.717) is 24.3 Å². The molecule has 0 saturated heterocycles. The highest BCUT2D eigenvalue weighted by Crippen LogP contribution is 2.12. The lowest BCUT2D eigenvalue weighted by Gasteiger charge is -2.19. The monoisotopic (exact) mass is 225 g/mol. The van der Waals surface area contributed by atoms with Gasteiger partial charge in [0.15, 0.2) is 0 Å². The van der Waals surface area contributed by atoms with Crippen LogP contribution < -0.4 is 5.32 Å². The van der Waals surface area contributed by atoms with Crippen molar-refractivity contribution in [2.24, 2.45) is 5.92 Å². The minimum atomic E-state index is -0.943. The predicted octanol–water partition coefficient (Wildman–Crippen LogP) is 2.50. The van der Waals surface area contributed by atoms with Gasteiger partial charge in [0.25, 0.3) is 0 Å². The van der Waals surface area contributed by atoms with Gasteiger partial charge in [-0.3, -0.25) is 0 Å². The van der Waals surface area contributed by atoms with E-state index in [1.54, 1.807) is 0 Å². The van der Waals surface area contributed by atoms with E-state index in [1.165, 1.54) is 12.3 Å². The van der Waals surface area contributed by atoms with Crippen molar-refractivity contribution < 1.29 is 14.3 Å². The summed E-state index contributed by atoms with van der Waals surface area (Å²) in [6.07, 6.45) is 2.51. The first-order valence-electron chi connectivity index (χ1n) is 5.59. The molecule has 1 rings (SSSR count). The van der Waals surface area contributed by atoms with E-state index in [0.717, 1.165) is 6.42 Å². The molecule has 0 aliphatic heterocycles. The molecule has 1 aromatic rings. The van der Waals surface area contributed by atoms with E-state index in [4.69, 9.17) is 9.52 Å². The Morgan fingerprint density at radius 1 is 1.56 bits per heavy atom. The molecule has 4 nitrogen and oxygen atoms in total. The topological polar surface area (TPSA) is 62.5 Å². The summed E-state index contributed by atoms with van der Waals surface area (Å²) in [5, 5.41) is 12.2. The Kier molecular flexibility index (Phi) is 4.55. The summed E-state index contributed by atoms with van der Waals surface area (Å²) in [6.45, 7) is 6.86. The van der Waals surface area contributed by atoms with Crippen LogP contribution in [0.1, 0.15) is 43.3 Å². The fourth-order valence-electron chi connectivity index (χ4n) is 1.48. The summed E-state index contributed by atoms with van der Waals surface area (Å²) < 4.78 is 5.15. The van der Waals surface area contributed by atoms with Gasteiger partial charge in [0.2, 0.25) is 0 Å². The summed E-state index contributed by atoms with van der Waals surface area (Å²) in [5.74, 6) is 0.104. The number of carbonyl (C=O) groups is 1. The van der Waals surface area contributed by atoms with E-state index in [-0.39, 0.29) is 5.56 Å². The highest BCUT2D eigenvalue weighted by Gasteiger charge is 2.15. The van der Waals surface area contributed by atoms with Crippen LogP contribution in [-0.2, 0) is 6.54 Å². The average molecular weight is 225 g/mol. The Balaban J connectivity index is 2.54. The highest BCUT2D eigenvalue weighted by atomic mass is 16.4. The first-order valence-corrected chi connectivity index (χ1v) is 5.59. The van der Waals surface area contributed by atoms with Gasteiger partial charge in [-0.1, -0.05) is 20.3 Å². The summed E-state index contributed by atoms with van der Waals surface area (Å²) in [6, 6.07) is 1.82. The van der Waals surface area contributed by atoms with Gasteiger partial charge in [0.05, 0.1) is 12.8 Å². The molecule has 0 spiro atoms. The molecule has 2 atom stereocenters. The molecule has 0 saturated carbocycles. The van der Waals surface area contributed by atoms with Gasteiger partial charge in [-0.25, -0.2) is 4.79 Å². The third-order valence-corrected chi connectivity index (χ3v) is 3.06. The Labute approximate surface area is 95.7 Å². The Morgan fingerprint density at radius 3 is 2.81 bits per heavy atom. The molecule has 0 aromatic carbocycles. The fourth-order valence-corrected chi connectivity index (χ4v) is 1.48. The third kappa shape index (κ3) is 3.10. The maximum absolute atomic E-state index is 10.8. The zero-order valence-electron chi connectivity index (χ0n) is 9.99. The molecule has 0 amide bonds. The second kappa shape index (κ2) is 5.70. The van der Waals surface area contributed by atoms with Gasteiger partial charge in [0, 0.05) is 6.04 Å². The van der Waals surface area contributed by atoms with E-state index >= 15 is 0 Å². The molecule has 2 N–H and O–H groups in total. The van der Waals surface area contributed by atoms with Gasteiger partial charge >= 0.3 is 5.97 Å². The van der Waals surface area contributed by atoms with Crippen LogP contribution in [0.2, 0.25) is 0 Å². The molecular weight excluding hydrogens is 206 g/mol. The molecule has 0 aliphatic rings. The number of hydrogen-bond acceptors (Lipinski definition) is 3. The quantitative estimate of drug-likeness (QED) is 0.780. The molecular formula is C12H19NO3. The molecule has 0 bridgehead atoms. The van der Waals surface area contributed by atoms with Gasteiger partial charge in [-0.2, -0.15) is 0 Å². The Bertz CT molecular complexity index is 346. The summed E-state index contributed by atoms with van der Waals surface area (Å²) in [5.41, 5.74) is 0.240. The third-order valence-electron chi connectivity index (χ3n) is 3.06. The smallest absolute Gasteiger partial charge is 0.339 e. The number of carboxylic acids is 1. The number of nitrogens with one attached hydrogen (secondary N) is 1. The average Bonchev–Trinajstić information content (AvgIpc) is 2.72. The number of hydrogen-bond donors (Lipinski definition) is 2. The van der Waals surface area contributed by atoms with Crippen molar-refractivity contribution in [3.63, 3.8) is 0 Å². The summed E-state index contributed by atoms with van der Waals surface area (Å²) in [4.78, 5) is 10.8. The van der Waals surface area contributed by atoms with Crippen molar-refractivity contribution >= 4 is 5.97 Å². The summed E-state index contributed by atoms with van der Waals surface area (Å²) in [7, 11) is 0. The van der Waals surface area contributed by atoms with Gasteiger partial charge in [-0.05, 0) is 18.9 Å². The van der Waals surface area contributed by atoms with Crippen LogP contribution in [0.3, 0.4) is 0 Å². The molecule has 1 aromatic heterocycles. The number of rotatable bonds is 6. The minimum absolute atomic E-state index is 0.240. The lowest BCUT2D eigenvalue weighted by atomic mass is 10.0. The number of carboxylic acid groups (broad SMARTS) is 1. The molecule has 0 radical (unpaired) electrons. The fraction of sp³-hybridized carbons (Fsp3) is 0.583. The lowest BCUT2D eigenvalue weighted by molar-refractivity contribution is 0.0694. The van der Waals surface area contributed by atoms with Crippen LogP contribution in [0.15, 0.2) is 16.7 Å². The maximum atomic E-state index is 10.8. The van der Waals surface area contributed by atoms with E-state index in [9.17, 15) is 4.79 Å². The first kappa shape index (κ1) is 12.8. The van der Waals surface area contributed by atoms with Crippen LogP contribution in [0.25, 0.3) is 0 Å². The number of aromatic carboxylic acids is 1. The minimum Gasteiger partial charge on any atom is -0.478 e. The normalized spacial score (nSPS) is 14.7. The summed E-state index contributed by atoms with van der Waals surface area (Å²) >= 11 is 0. The van der Waals surface area contributed by atoms with Crippen molar-refractivity contribution in [3.05, 3.63) is 23.7 Å². The predicted molar refractivity (Wildman–Crippen MR) is 61.4 cm³/mol. The van der Waals surface area contributed by atoms with Crippen molar-refractivity contribution in [2.75, 3.05) is 0 Å². The molecule has 2 unspecified atom stereocenters. The van der Waals surface area contributed by atoms with Crippen LogP contribution in [0.5, 0.6) is 0 Å². The maximum Gasteiger partial charge on any atom is 0.339 e. The Morgan fingerprint density at radius 2 is 2.25 bits per heavy atom. The lowest BCUT2D eigenvalue weighted by Crippen LogP contribution is -2.31. The van der Waals surface area contributed by atoms with Crippen molar-refractivity contribution in [3.8, 4) is 0 Å². The SMILES string of the molecule is CCC(C)C(C)NCc1occc1C(=O)O. The van der Waals surface area contributed by atoms with Crippen molar-refractivity contribution in [1.82, 2.24) is 5.32 Å². The second-order valence-electron chi connectivity index (χ2n) is 4.12. The Hall–Kier alpha value is -1.29. The molecule has 4 heteroatoms. The van der Waals surface area contributed by atoms with Crippen molar-refractivity contribution in [2.45, 2.75) is 39.8 Å². The van der Waals surface area contributed by atoms with E-state index in [1.807, 2.05) is 0 Å². The largest absolute Gasteiger partial charge is 0.478 e. The van der Waals surface area contributed by atoms with E-state index < -0.39 is 5.97 Å². The zero-order chi connectivity index (χ0) is 12.1. The molecule has 1 heterocycles. The highest BCUT2D eigenvalue weighted by molar-refractivity contribution is 5.88. The van der Waals surface area contributed by atoms with Gasteiger partial charge in [-0.15, -0.1) is 0 Å². The van der Waals surface area contributed by atoms with Gasteiger partial charge in [0.1, 0.15) is 11.3 Å². The van der Waals surface area contributed by atoms with Crippen LogP contribution in [0.4, 0.5) is 0 Å². The van der Waals surface area contributed by atoms with E-state index in [2.05, 4.69) is 26.1 Å².